The molecule has 3 rings (SSSR count). The predicted molar refractivity (Wildman–Crippen MR) is 93.3 cm³/mol. The summed E-state index contributed by atoms with van der Waals surface area (Å²) in [5.74, 6) is -0.286. The molecular weight excluding hydrogens is 377 g/mol. The van der Waals surface area contributed by atoms with Crippen LogP contribution in [-0.4, -0.2) is 27.0 Å². The molecule has 0 saturated heterocycles. The van der Waals surface area contributed by atoms with Crippen LogP contribution in [0, 0.1) is 0 Å². The highest BCUT2D eigenvalue weighted by molar-refractivity contribution is 6.23. The van der Waals surface area contributed by atoms with Crippen molar-refractivity contribution in [3.05, 3.63) is 46.3 Å². The van der Waals surface area contributed by atoms with Gasteiger partial charge in [0.25, 0.3) is 0 Å². The summed E-state index contributed by atoms with van der Waals surface area (Å²) in [6, 6.07) is 4.61. The molecule has 1 aromatic heterocycles. The Hall–Kier alpha value is -3.10. The molecule has 1 N–H and O–H groups in total. The first-order valence-corrected chi connectivity index (χ1v) is 8.53. The van der Waals surface area contributed by atoms with Crippen molar-refractivity contribution >= 4 is 17.6 Å². The van der Waals surface area contributed by atoms with Crippen molar-refractivity contribution in [1.29, 1.82) is 0 Å². The summed E-state index contributed by atoms with van der Waals surface area (Å²) >= 11 is 0. The van der Waals surface area contributed by atoms with Crippen molar-refractivity contribution in [2.75, 3.05) is 0 Å². The topological polar surface area (TPSA) is 81.4 Å². The first kappa shape index (κ1) is 19.7. The largest absolute Gasteiger partial charge is 0.512 e. The van der Waals surface area contributed by atoms with E-state index in [1.54, 1.807) is 12.1 Å². The van der Waals surface area contributed by atoms with Gasteiger partial charge in [0.1, 0.15) is 17.1 Å². The van der Waals surface area contributed by atoms with E-state index in [1.165, 1.54) is 13.1 Å². The molecular formula is C19H17F3N2O4. The number of ketones is 1. The average molecular weight is 394 g/mol. The molecule has 6 nitrogen and oxygen atoms in total. The van der Waals surface area contributed by atoms with E-state index in [4.69, 9.17) is 4.74 Å². The maximum Gasteiger partial charge on any atom is 0.436 e. The van der Waals surface area contributed by atoms with Crippen LogP contribution in [0.5, 0.6) is 11.6 Å². The predicted octanol–water partition coefficient (Wildman–Crippen LogP) is 4.24. The van der Waals surface area contributed by atoms with Crippen LogP contribution in [0.15, 0.2) is 24.0 Å². The quantitative estimate of drug-likeness (QED) is 0.768. The van der Waals surface area contributed by atoms with Crippen molar-refractivity contribution in [3.8, 4) is 11.6 Å². The summed E-state index contributed by atoms with van der Waals surface area (Å²) in [5, 5.41) is 13.3. The third-order valence-corrected chi connectivity index (χ3v) is 4.51. The number of carbonyl (C=O) groups is 2. The lowest BCUT2D eigenvalue weighted by molar-refractivity contribution is -0.141. The fraction of sp³-hybridized carbons (Fsp3) is 0.316. The third kappa shape index (κ3) is 3.39. The van der Waals surface area contributed by atoms with Crippen molar-refractivity contribution in [1.82, 2.24) is 9.78 Å². The number of carbonyl (C=O) groups excluding carboxylic acids is 2. The zero-order chi connectivity index (χ0) is 20.6. The molecule has 0 spiro atoms. The molecule has 1 aliphatic carbocycles. The van der Waals surface area contributed by atoms with Crippen LogP contribution in [-0.2, 0) is 24.4 Å². The van der Waals surface area contributed by atoms with Gasteiger partial charge in [-0.2, -0.15) is 18.3 Å². The standard InChI is InChI=1S/C19H17F3N2O4/c1-3-10-8-11(4-5-12(10)16-14(26)6-7-15(16)27)28-18-13(9-25)17(19(20,21)22)23-24(18)2/h4-5,8-9,26H,3,6-7H2,1-2H3. The van der Waals surface area contributed by atoms with Crippen molar-refractivity contribution in [2.24, 2.45) is 7.05 Å². The highest BCUT2D eigenvalue weighted by Crippen LogP contribution is 2.37. The van der Waals surface area contributed by atoms with Gasteiger partial charge < -0.3 is 9.84 Å². The number of aromatic nitrogens is 2. The number of rotatable bonds is 5. The molecule has 1 aromatic carbocycles. The van der Waals surface area contributed by atoms with Crippen LogP contribution in [0.2, 0.25) is 0 Å². The van der Waals surface area contributed by atoms with Gasteiger partial charge >= 0.3 is 6.18 Å². The minimum atomic E-state index is -4.79. The Morgan fingerprint density at radius 1 is 1.32 bits per heavy atom. The van der Waals surface area contributed by atoms with E-state index in [-0.39, 0.29) is 47.9 Å². The number of ether oxygens (including phenoxy) is 1. The van der Waals surface area contributed by atoms with Crippen molar-refractivity contribution in [2.45, 2.75) is 32.4 Å². The van der Waals surface area contributed by atoms with Gasteiger partial charge in [-0.25, -0.2) is 4.68 Å². The number of hydrogen-bond donors (Lipinski definition) is 1. The number of aldehydes is 1. The second-order valence-corrected chi connectivity index (χ2v) is 6.33. The minimum absolute atomic E-state index is 0.0260. The fourth-order valence-corrected chi connectivity index (χ4v) is 3.19. The Morgan fingerprint density at radius 3 is 2.57 bits per heavy atom. The van der Waals surface area contributed by atoms with E-state index in [0.29, 0.717) is 17.5 Å². The van der Waals surface area contributed by atoms with E-state index in [1.807, 2.05) is 6.92 Å². The number of nitrogens with zero attached hydrogens (tertiary/aromatic N) is 2. The molecule has 0 aliphatic heterocycles. The second-order valence-electron chi connectivity index (χ2n) is 6.33. The number of aryl methyl sites for hydroxylation is 2. The number of aliphatic hydroxyl groups is 1. The number of hydrogen-bond acceptors (Lipinski definition) is 5. The Balaban J connectivity index is 2.01. The highest BCUT2D eigenvalue weighted by Gasteiger charge is 2.39. The maximum atomic E-state index is 13.0. The SMILES string of the molecule is CCc1cc(Oc2c(C=O)c(C(F)(F)F)nn2C)ccc1C1=C(O)CCC1=O. The third-order valence-electron chi connectivity index (χ3n) is 4.51. The molecule has 0 fully saturated rings. The number of alkyl halides is 3. The molecule has 0 bridgehead atoms. The zero-order valence-corrected chi connectivity index (χ0v) is 15.1. The summed E-state index contributed by atoms with van der Waals surface area (Å²) in [6.45, 7) is 1.84. The summed E-state index contributed by atoms with van der Waals surface area (Å²) in [4.78, 5) is 23.3. The monoisotopic (exact) mass is 394 g/mol. The number of allylic oxidation sites excluding steroid dienone is 2. The van der Waals surface area contributed by atoms with Crippen LogP contribution in [0.3, 0.4) is 0 Å². The normalized spacial score (nSPS) is 14.7. The summed E-state index contributed by atoms with van der Waals surface area (Å²) < 4.78 is 45.5. The van der Waals surface area contributed by atoms with Crippen LogP contribution in [0.4, 0.5) is 13.2 Å². The van der Waals surface area contributed by atoms with E-state index in [0.717, 1.165) is 4.68 Å². The van der Waals surface area contributed by atoms with Gasteiger partial charge in [0.2, 0.25) is 5.88 Å². The lowest BCUT2D eigenvalue weighted by Gasteiger charge is -2.12. The lowest BCUT2D eigenvalue weighted by Crippen LogP contribution is -2.09. The summed E-state index contributed by atoms with van der Waals surface area (Å²) in [5.41, 5.74) is -0.508. The number of benzene rings is 1. The van der Waals surface area contributed by atoms with Crippen LogP contribution >= 0.6 is 0 Å². The molecule has 148 valence electrons. The van der Waals surface area contributed by atoms with E-state index in [2.05, 4.69) is 5.10 Å². The maximum absolute atomic E-state index is 13.0. The van der Waals surface area contributed by atoms with Crippen LogP contribution in [0.25, 0.3) is 5.57 Å². The summed E-state index contributed by atoms with van der Waals surface area (Å²) in [6.07, 6.45) is -3.72. The molecule has 28 heavy (non-hydrogen) atoms. The van der Waals surface area contributed by atoms with Gasteiger partial charge in [-0.15, -0.1) is 0 Å². The van der Waals surface area contributed by atoms with Crippen molar-refractivity contribution in [3.63, 3.8) is 0 Å². The molecule has 1 aliphatic rings. The molecule has 1 heterocycles. The van der Waals surface area contributed by atoms with Gasteiger partial charge in [0.05, 0.1) is 5.57 Å². The molecule has 2 aromatic rings. The minimum Gasteiger partial charge on any atom is -0.512 e. The fourth-order valence-electron chi connectivity index (χ4n) is 3.19. The average Bonchev–Trinajstić information content (AvgIpc) is 3.14. The highest BCUT2D eigenvalue weighted by atomic mass is 19.4. The molecule has 0 saturated carbocycles. The molecule has 9 heteroatoms. The van der Waals surface area contributed by atoms with Gasteiger partial charge in [-0.1, -0.05) is 13.0 Å². The molecule has 0 atom stereocenters. The van der Waals surface area contributed by atoms with E-state index in [9.17, 15) is 27.9 Å². The first-order chi connectivity index (χ1) is 13.2. The number of Topliss-reactive ketones (excluding diaryl/α,β-unsaturated/α-hetero) is 1. The second kappa shape index (κ2) is 7.14. The molecule has 0 amide bonds. The molecule has 0 radical (unpaired) electrons. The van der Waals surface area contributed by atoms with Gasteiger partial charge in [0, 0.05) is 19.9 Å². The Kier molecular flexibility index (Phi) is 5.01. The Morgan fingerprint density at radius 2 is 2.04 bits per heavy atom. The lowest BCUT2D eigenvalue weighted by atomic mass is 9.96. The van der Waals surface area contributed by atoms with E-state index < -0.39 is 17.4 Å². The summed E-state index contributed by atoms with van der Waals surface area (Å²) in [7, 11) is 1.24. The van der Waals surface area contributed by atoms with Crippen LogP contribution < -0.4 is 4.74 Å². The van der Waals surface area contributed by atoms with Gasteiger partial charge in [0.15, 0.2) is 17.8 Å². The smallest absolute Gasteiger partial charge is 0.436 e. The van der Waals surface area contributed by atoms with Gasteiger partial charge in [-0.05, 0) is 29.7 Å². The van der Waals surface area contributed by atoms with Gasteiger partial charge in [-0.3, -0.25) is 9.59 Å². The van der Waals surface area contributed by atoms with E-state index >= 15 is 0 Å². The van der Waals surface area contributed by atoms with Crippen LogP contribution in [0.1, 0.15) is 46.9 Å². The number of aliphatic hydroxyl groups excluding tert-OH is 1. The molecule has 0 unspecified atom stereocenters. The zero-order valence-electron chi connectivity index (χ0n) is 15.1. The first-order valence-electron chi connectivity index (χ1n) is 8.53. The number of halogens is 3. The Labute approximate surface area is 158 Å². The van der Waals surface area contributed by atoms with Crippen molar-refractivity contribution < 1.29 is 32.6 Å². The Bertz CT molecular complexity index is 990.